The fourth-order valence-electron chi connectivity index (χ4n) is 4.59. The fraction of sp³-hybridized carbons (Fsp3) is 0.435. The van der Waals surface area contributed by atoms with Crippen LogP contribution in [0.5, 0.6) is 0 Å². The van der Waals surface area contributed by atoms with Crippen LogP contribution in [0.3, 0.4) is 0 Å². The SMILES string of the molecule is O=C(c1ccccc1C(F)(F)F)N1CC(F)[C@H](N2CCC(F)(c3ccc(Cl)cc3)CC2)C1. The lowest BCUT2D eigenvalue weighted by Gasteiger charge is -2.40. The third kappa shape index (κ3) is 4.48. The summed E-state index contributed by atoms with van der Waals surface area (Å²) in [5.41, 5.74) is -2.55. The summed E-state index contributed by atoms with van der Waals surface area (Å²) in [5.74, 6) is -0.846. The van der Waals surface area contributed by atoms with E-state index >= 15 is 4.39 Å². The number of benzene rings is 2. The van der Waals surface area contributed by atoms with E-state index in [1.54, 1.807) is 29.2 Å². The van der Waals surface area contributed by atoms with Gasteiger partial charge in [0.2, 0.25) is 0 Å². The van der Waals surface area contributed by atoms with Crippen LogP contribution >= 0.6 is 11.6 Å². The van der Waals surface area contributed by atoms with Crippen LogP contribution < -0.4 is 0 Å². The highest BCUT2D eigenvalue weighted by atomic mass is 35.5. The van der Waals surface area contributed by atoms with Gasteiger partial charge < -0.3 is 4.90 Å². The number of carbonyl (C=O) groups excluding carboxylic acids is 1. The number of likely N-dealkylation sites (tertiary alicyclic amines) is 2. The summed E-state index contributed by atoms with van der Waals surface area (Å²) in [5, 5.41) is 0.512. The van der Waals surface area contributed by atoms with Crippen LogP contribution in [-0.4, -0.2) is 54.1 Å². The molecule has 0 aliphatic carbocycles. The first-order chi connectivity index (χ1) is 15.1. The molecule has 0 aromatic heterocycles. The van der Waals surface area contributed by atoms with E-state index in [9.17, 15) is 22.4 Å². The summed E-state index contributed by atoms with van der Waals surface area (Å²) in [7, 11) is 0. The molecule has 0 spiro atoms. The lowest BCUT2D eigenvalue weighted by Crippen LogP contribution is -2.49. The van der Waals surface area contributed by atoms with E-state index in [1.807, 2.05) is 0 Å². The van der Waals surface area contributed by atoms with Crippen LogP contribution in [0.1, 0.15) is 34.3 Å². The van der Waals surface area contributed by atoms with E-state index in [4.69, 9.17) is 11.6 Å². The number of piperidine rings is 1. The Morgan fingerprint density at radius 1 is 1.00 bits per heavy atom. The van der Waals surface area contributed by atoms with E-state index in [0.29, 0.717) is 10.6 Å². The molecule has 2 aromatic carbocycles. The minimum atomic E-state index is -4.68. The van der Waals surface area contributed by atoms with Gasteiger partial charge in [-0.05, 0) is 42.7 Å². The first-order valence-electron chi connectivity index (χ1n) is 10.4. The fourth-order valence-corrected chi connectivity index (χ4v) is 4.72. The second-order valence-corrected chi connectivity index (χ2v) is 8.78. The molecule has 2 aromatic rings. The molecule has 2 heterocycles. The number of alkyl halides is 5. The first kappa shape index (κ1) is 23.0. The number of amides is 1. The Morgan fingerprint density at radius 2 is 1.62 bits per heavy atom. The van der Waals surface area contributed by atoms with Gasteiger partial charge in [0, 0.05) is 24.7 Å². The summed E-state index contributed by atoms with van der Waals surface area (Å²) in [4.78, 5) is 15.7. The minimum Gasteiger partial charge on any atom is -0.334 e. The van der Waals surface area contributed by atoms with Crippen LogP contribution in [0.2, 0.25) is 5.02 Å². The van der Waals surface area contributed by atoms with Crippen LogP contribution in [-0.2, 0) is 11.8 Å². The van der Waals surface area contributed by atoms with Crippen molar-refractivity contribution in [2.24, 2.45) is 0 Å². The molecule has 1 amide bonds. The number of hydrogen-bond donors (Lipinski definition) is 0. The van der Waals surface area contributed by atoms with Crippen molar-refractivity contribution in [1.82, 2.24) is 9.80 Å². The summed E-state index contributed by atoms with van der Waals surface area (Å²) < 4.78 is 70.1. The molecule has 1 unspecified atom stereocenters. The highest BCUT2D eigenvalue weighted by Crippen LogP contribution is 2.39. The highest BCUT2D eigenvalue weighted by Gasteiger charge is 2.45. The first-order valence-corrected chi connectivity index (χ1v) is 10.7. The molecule has 0 saturated carbocycles. The Bertz CT molecular complexity index is 973. The summed E-state index contributed by atoms with van der Waals surface area (Å²) in [6.45, 7) is 0.243. The number of rotatable bonds is 3. The molecule has 3 nitrogen and oxygen atoms in total. The molecule has 9 heteroatoms. The van der Waals surface area contributed by atoms with Gasteiger partial charge in [0.15, 0.2) is 0 Å². The van der Waals surface area contributed by atoms with Gasteiger partial charge in [-0.2, -0.15) is 13.2 Å². The van der Waals surface area contributed by atoms with Gasteiger partial charge in [0.25, 0.3) is 5.91 Å². The maximum absolute atomic E-state index is 15.4. The topological polar surface area (TPSA) is 23.6 Å². The average Bonchev–Trinajstić information content (AvgIpc) is 3.15. The molecule has 0 bridgehead atoms. The van der Waals surface area contributed by atoms with Crippen molar-refractivity contribution in [2.75, 3.05) is 26.2 Å². The van der Waals surface area contributed by atoms with Crippen molar-refractivity contribution in [1.29, 1.82) is 0 Å². The van der Waals surface area contributed by atoms with E-state index in [0.717, 1.165) is 17.0 Å². The highest BCUT2D eigenvalue weighted by molar-refractivity contribution is 6.30. The predicted octanol–water partition coefficient (Wildman–Crippen LogP) is 5.48. The molecule has 4 rings (SSSR count). The van der Waals surface area contributed by atoms with Crippen molar-refractivity contribution in [2.45, 2.75) is 36.9 Å². The van der Waals surface area contributed by atoms with E-state index in [1.165, 1.54) is 12.1 Å². The molecule has 0 radical (unpaired) electrons. The second kappa shape index (κ2) is 8.63. The summed E-state index contributed by atoms with van der Waals surface area (Å²) >= 11 is 5.87. The van der Waals surface area contributed by atoms with Gasteiger partial charge in [0.05, 0.1) is 23.7 Å². The number of hydrogen-bond acceptors (Lipinski definition) is 2. The van der Waals surface area contributed by atoms with Crippen molar-refractivity contribution in [3.05, 3.63) is 70.2 Å². The summed E-state index contributed by atoms with van der Waals surface area (Å²) in [6.07, 6.45) is -5.79. The Morgan fingerprint density at radius 3 is 2.25 bits per heavy atom. The Kier molecular flexibility index (Phi) is 6.20. The quantitative estimate of drug-likeness (QED) is 0.552. The van der Waals surface area contributed by atoms with Crippen LogP contribution in [0.15, 0.2) is 48.5 Å². The van der Waals surface area contributed by atoms with E-state index in [2.05, 4.69) is 0 Å². The van der Waals surface area contributed by atoms with Gasteiger partial charge >= 0.3 is 6.18 Å². The zero-order valence-electron chi connectivity index (χ0n) is 17.1. The lowest BCUT2D eigenvalue weighted by molar-refractivity contribution is -0.138. The maximum atomic E-state index is 15.4. The lowest BCUT2D eigenvalue weighted by atomic mass is 9.85. The average molecular weight is 473 g/mol. The van der Waals surface area contributed by atoms with Gasteiger partial charge in [-0.25, -0.2) is 8.78 Å². The van der Waals surface area contributed by atoms with Crippen LogP contribution in [0.4, 0.5) is 22.0 Å². The van der Waals surface area contributed by atoms with Crippen molar-refractivity contribution >= 4 is 17.5 Å². The van der Waals surface area contributed by atoms with E-state index < -0.39 is 41.1 Å². The molecular weight excluding hydrogens is 451 g/mol. The van der Waals surface area contributed by atoms with Crippen molar-refractivity contribution < 1.29 is 26.7 Å². The molecule has 2 atom stereocenters. The molecule has 2 aliphatic heterocycles. The Labute approximate surface area is 187 Å². The molecular formula is C23H22ClF5N2O. The molecule has 172 valence electrons. The zero-order chi connectivity index (χ0) is 23.1. The normalized spacial score (nSPS) is 24.0. The van der Waals surface area contributed by atoms with Gasteiger partial charge in [-0.3, -0.25) is 9.69 Å². The Balaban J connectivity index is 1.43. The minimum absolute atomic E-state index is 0.0353. The van der Waals surface area contributed by atoms with Crippen molar-refractivity contribution in [3.63, 3.8) is 0 Å². The number of halogens is 6. The zero-order valence-corrected chi connectivity index (χ0v) is 17.8. The van der Waals surface area contributed by atoms with Gasteiger partial charge in [-0.1, -0.05) is 35.9 Å². The largest absolute Gasteiger partial charge is 0.417 e. The van der Waals surface area contributed by atoms with Crippen LogP contribution in [0, 0.1) is 0 Å². The molecule has 2 aliphatic rings. The molecule has 0 N–H and O–H groups in total. The molecule has 2 fully saturated rings. The number of nitrogens with zero attached hydrogens (tertiary/aromatic N) is 2. The maximum Gasteiger partial charge on any atom is 0.417 e. The van der Waals surface area contributed by atoms with Gasteiger partial charge in [-0.15, -0.1) is 0 Å². The van der Waals surface area contributed by atoms with Crippen molar-refractivity contribution in [3.8, 4) is 0 Å². The predicted molar refractivity (Wildman–Crippen MR) is 111 cm³/mol. The third-order valence-electron chi connectivity index (χ3n) is 6.39. The monoisotopic (exact) mass is 472 g/mol. The van der Waals surface area contributed by atoms with Gasteiger partial charge in [0.1, 0.15) is 11.8 Å². The molecule has 2 saturated heterocycles. The standard InChI is InChI=1S/C23H22ClF5N2O/c24-16-7-5-15(6-8-16)22(26)9-11-30(12-10-22)20-14-31(13-19(20)25)21(32)17-3-1-2-4-18(17)23(27,28)29/h1-8,19-20H,9-14H2/t19?,20-/m1/s1. The smallest absolute Gasteiger partial charge is 0.334 e. The third-order valence-corrected chi connectivity index (χ3v) is 6.64. The van der Waals surface area contributed by atoms with E-state index in [-0.39, 0.29) is 39.0 Å². The molecule has 32 heavy (non-hydrogen) atoms. The van der Waals surface area contributed by atoms with Crippen LogP contribution in [0.25, 0.3) is 0 Å². The summed E-state index contributed by atoms with van der Waals surface area (Å²) in [6, 6.07) is 10.4. The Hall–Kier alpha value is -2.19. The number of carbonyl (C=O) groups is 1. The second-order valence-electron chi connectivity index (χ2n) is 8.34.